The quantitative estimate of drug-likeness (QED) is 0.0547. The number of amides is 4. The molecule has 16 nitrogen and oxygen atoms in total. The van der Waals surface area contributed by atoms with Crippen molar-refractivity contribution >= 4 is 46.5 Å². The summed E-state index contributed by atoms with van der Waals surface area (Å²) in [6, 6.07) is 1.95. The summed E-state index contributed by atoms with van der Waals surface area (Å²) in [5, 5.41) is 26.6. The van der Waals surface area contributed by atoms with E-state index < -0.39 is 66.8 Å². The van der Waals surface area contributed by atoms with E-state index in [1.165, 1.54) is 0 Å². The first-order chi connectivity index (χ1) is 18.9. The molecule has 0 radical (unpaired) electrons. The molecule has 1 aromatic carbocycles. The highest BCUT2D eigenvalue weighted by molar-refractivity contribution is 5.95. The molecule has 0 aliphatic rings. The second-order valence-corrected chi connectivity index (χ2v) is 8.99. The minimum Gasteiger partial charge on any atom is -0.480 e. The number of carbonyl (C=O) groups excluding carboxylic acids is 4. The van der Waals surface area contributed by atoms with Crippen molar-refractivity contribution in [2.45, 2.75) is 49.9 Å². The van der Waals surface area contributed by atoms with Gasteiger partial charge in [-0.05, 0) is 30.9 Å². The first-order valence-electron chi connectivity index (χ1n) is 12.3. The number of hydrogen-bond acceptors (Lipinski definition) is 8. The molecule has 0 saturated carbocycles. The zero-order valence-corrected chi connectivity index (χ0v) is 21.6. The van der Waals surface area contributed by atoms with E-state index in [9.17, 15) is 34.2 Å². The number of aliphatic hydroxyl groups excluding tert-OH is 1. The van der Waals surface area contributed by atoms with Crippen LogP contribution in [0.2, 0.25) is 0 Å². The van der Waals surface area contributed by atoms with Crippen LogP contribution in [0.3, 0.4) is 0 Å². The molecule has 4 atom stereocenters. The topological polar surface area (TPSA) is 294 Å². The lowest BCUT2D eigenvalue weighted by atomic mass is 10.0. The van der Waals surface area contributed by atoms with E-state index in [4.69, 9.17) is 22.9 Å². The highest BCUT2D eigenvalue weighted by atomic mass is 16.4. The summed E-state index contributed by atoms with van der Waals surface area (Å²) in [7, 11) is 0. The molecule has 2 aromatic rings. The average molecular weight is 562 g/mol. The molecule has 218 valence electrons. The molecule has 0 aliphatic heterocycles. The Morgan fingerprint density at radius 3 is 2.17 bits per heavy atom. The van der Waals surface area contributed by atoms with Gasteiger partial charge in [-0.2, -0.15) is 0 Å². The maximum atomic E-state index is 13.1. The zero-order chi connectivity index (χ0) is 29.8. The van der Waals surface area contributed by atoms with Gasteiger partial charge in [-0.15, -0.1) is 0 Å². The standard InChI is InChI=1S/C24H35N9O7/c25-14(8-12-10-30-15-5-2-1-4-13(12)15)20(36)31-16(6-3-7-29-24(27)28)21(37)33-18(11-34)22(38)32-17(23(39)40)9-19(26)35/h1-2,4-5,10,14,16-18,30,34H,3,6-9,11,25H2,(H2,26,35)(H,31,36)(H,32,38)(H,33,37)(H,39,40)(H4,27,28,29). The summed E-state index contributed by atoms with van der Waals surface area (Å²) in [6.45, 7) is -0.768. The van der Waals surface area contributed by atoms with Gasteiger partial charge in [0.15, 0.2) is 5.96 Å². The van der Waals surface area contributed by atoms with Crippen LogP contribution in [-0.4, -0.2) is 88.1 Å². The first kappa shape index (κ1) is 31.5. The number of H-pyrrole nitrogens is 1. The van der Waals surface area contributed by atoms with Gasteiger partial charge in [-0.1, -0.05) is 18.2 Å². The highest BCUT2D eigenvalue weighted by Gasteiger charge is 2.30. The number of guanidine groups is 1. The van der Waals surface area contributed by atoms with Crippen molar-refractivity contribution in [3.05, 3.63) is 36.0 Å². The molecule has 1 heterocycles. The van der Waals surface area contributed by atoms with Gasteiger partial charge in [0.2, 0.25) is 23.6 Å². The smallest absolute Gasteiger partial charge is 0.326 e. The maximum absolute atomic E-state index is 13.1. The van der Waals surface area contributed by atoms with Gasteiger partial charge in [0.1, 0.15) is 18.1 Å². The molecule has 16 heteroatoms. The SMILES string of the molecule is NC(=O)CC(NC(=O)C(CO)NC(=O)C(CCCN=C(N)N)NC(=O)C(N)Cc1c[nH]c2ccccc12)C(=O)O. The molecule has 14 N–H and O–H groups in total. The second kappa shape index (κ2) is 15.0. The number of aliphatic carboxylic acids is 1. The van der Waals surface area contributed by atoms with Crippen molar-refractivity contribution in [1.82, 2.24) is 20.9 Å². The number of aliphatic imine (C=N–C) groups is 1. The number of para-hydroxylation sites is 1. The van der Waals surface area contributed by atoms with Crippen LogP contribution in [0.25, 0.3) is 10.9 Å². The lowest BCUT2D eigenvalue weighted by molar-refractivity contribution is -0.144. The van der Waals surface area contributed by atoms with Crippen LogP contribution in [0.1, 0.15) is 24.8 Å². The Hall–Kier alpha value is -4.70. The zero-order valence-electron chi connectivity index (χ0n) is 21.6. The number of aliphatic hydroxyl groups is 1. The molecule has 4 unspecified atom stereocenters. The minimum atomic E-state index is -1.67. The minimum absolute atomic E-state index is 0.0351. The van der Waals surface area contributed by atoms with Crippen molar-refractivity contribution in [2.75, 3.05) is 13.2 Å². The summed E-state index contributed by atoms with van der Waals surface area (Å²) in [4.78, 5) is 67.9. The fourth-order valence-electron chi connectivity index (χ4n) is 3.82. The van der Waals surface area contributed by atoms with Crippen LogP contribution in [0.4, 0.5) is 0 Å². The van der Waals surface area contributed by atoms with Gasteiger partial charge in [-0.25, -0.2) is 4.79 Å². The molecule has 2 rings (SSSR count). The monoisotopic (exact) mass is 561 g/mol. The Bertz CT molecular complexity index is 1240. The van der Waals surface area contributed by atoms with Gasteiger partial charge in [0, 0.05) is 23.6 Å². The summed E-state index contributed by atoms with van der Waals surface area (Å²) in [6.07, 6.45) is 1.49. The van der Waals surface area contributed by atoms with E-state index in [0.717, 1.165) is 16.5 Å². The fourth-order valence-corrected chi connectivity index (χ4v) is 3.82. The number of hydrogen-bond donors (Lipinski definition) is 10. The summed E-state index contributed by atoms with van der Waals surface area (Å²) >= 11 is 0. The Morgan fingerprint density at radius 2 is 1.55 bits per heavy atom. The Balaban J connectivity index is 2.11. The number of carboxylic acid groups (broad SMARTS) is 1. The van der Waals surface area contributed by atoms with E-state index in [1.54, 1.807) is 6.20 Å². The second-order valence-electron chi connectivity index (χ2n) is 8.99. The highest BCUT2D eigenvalue weighted by Crippen LogP contribution is 2.18. The molecule has 1 aromatic heterocycles. The molecule has 40 heavy (non-hydrogen) atoms. The molecule has 0 bridgehead atoms. The van der Waals surface area contributed by atoms with Crippen molar-refractivity contribution < 1.29 is 34.2 Å². The summed E-state index contributed by atoms with van der Waals surface area (Å²) in [5.41, 5.74) is 23.4. The molecule has 0 fully saturated rings. The van der Waals surface area contributed by atoms with Crippen LogP contribution in [-0.2, 0) is 30.4 Å². The van der Waals surface area contributed by atoms with E-state index in [2.05, 4.69) is 20.6 Å². The number of nitrogens with two attached hydrogens (primary N) is 4. The summed E-state index contributed by atoms with van der Waals surface area (Å²) < 4.78 is 0. The van der Waals surface area contributed by atoms with E-state index in [-0.39, 0.29) is 31.8 Å². The van der Waals surface area contributed by atoms with Gasteiger partial charge >= 0.3 is 5.97 Å². The average Bonchev–Trinajstić information content (AvgIpc) is 3.30. The Kier molecular flexibility index (Phi) is 11.8. The summed E-state index contributed by atoms with van der Waals surface area (Å²) in [5.74, 6) is -5.26. The van der Waals surface area contributed by atoms with E-state index in [1.807, 2.05) is 29.6 Å². The van der Waals surface area contributed by atoms with Crippen molar-refractivity contribution in [3.63, 3.8) is 0 Å². The lowest BCUT2D eigenvalue weighted by Crippen LogP contribution is -2.58. The largest absolute Gasteiger partial charge is 0.480 e. The number of aromatic amines is 1. The Morgan fingerprint density at radius 1 is 0.925 bits per heavy atom. The number of rotatable bonds is 16. The fraction of sp³-hybridized carbons (Fsp3) is 0.417. The molecule has 0 saturated heterocycles. The maximum Gasteiger partial charge on any atom is 0.326 e. The van der Waals surface area contributed by atoms with Gasteiger partial charge in [0.25, 0.3) is 0 Å². The van der Waals surface area contributed by atoms with E-state index in [0.29, 0.717) is 0 Å². The predicted octanol–water partition coefficient (Wildman–Crippen LogP) is -3.50. The Labute approximate surface area is 228 Å². The van der Waals surface area contributed by atoms with Gasteiger partial charge < -0.3 is 54.1 Å². The van der Waals surface area contributed by atoms with Gasteiger partial charge in [0.05, 0.1) is 19.1 Å². The number of carboxylic acids is 1. The third kappa shape index (κ3) is 9.55. The number of primary amides is 1. The molecule has 4 amide bonds. The van der Waals surface area contributed by atoms with E-state index >= 15 is 0 Å². The third-order valence-corrected chi connectivity index (χ3v) is 5.87. The number of carbonyl (C=O) groups is 5. The van der Waals surface area contributed by atoms with Crippen LogP contribution >= 0.6 is 0 Å². The number of fused-ring (bicyclic) bond motifs is 1. The number of benzene rings is 1. The number of nitrogens with one attached hydrogen (secondary N) is 4. The normalized spacial score (nSPS) is 13.8. The molecular formula is C24H35N9O7. The third-order valence-electron chi connectivity index (χ3n) is 5.87. The number of aromatic nitrogens is 1. The van der Waals surface area contributed by atoms with Crippen LogP contribution in [0, 0.1) is 0 Å². The molecule has 0 spiro atoms. The van der Waals surface area contributed by atoms with Crippen molar-refractivity contribution in [1.29, 1.82) is 0 Å². The lowest BCUT2D eigenvalue weighted by Gasteiger charge is -2.24. The van der Waals surface area contributed by atoms with Crippen molar-refractivity contribution in [2.24, 2.45) is 27.9 Å². The van der Waals surface area contributed by atoms with Crippen LogP contribution in [0.5, 0.6) is 0 Å². The van der Waals surface area contributed by atoms with Crippen LogP contribution < -0.4 is 38.9 Å². The molecular weight excluding hydrogens is 526 g/mol. The van der Waals surface area contributed by atoms with Crippen molar-refractivity contribution in [3.8, 4) is 0 Å². The predicted molar refractivity (Wildman–Crippen MR) is 144 cm³/mol. The molecule has 0 aliphatic carbocycles. The first-order valence-corrected chi connectivity index (χ1v) is 12.3. The van der Waals surface area contributed by atoms with Gasteiger partial charge in [-0.3, -0.25) is 24.2 Å². The van der Waals surface area contributed by atoms with Crippen LogP contribution in [0.15, 0.2) is 35.5 Å². The number of nitrogens with zero attached hydrogens (tertiary/aromatic N) is 1.